The Kier molecular flexibility index (Phi) is 5.40. The van der Waals surface area contributed by atoms with Gasteiger partial charge in [-0.15, -0.1) is 6.58 Å². The monoisotopic (exact) mass is 266 g/mol. The molecule has 2 fully saturated rings. The Bertz CT molecular complexity index is 311. The van der Waals surface area contributed by atoms with Crippen LogP contribution in [0.3, 0.4) is 0 Å². The van der Waals surface area contributed by atoms with Crippen molar-refractivity contribution in [2.24, 2.45) is 0 Å². The van der Waals surface area contributed by atoms with Crippen LogP contribution < -0.4 is 0 Å². The predicted octanol–water partition coefficient (Wildman–Crippen LogP) is 1.66. The Morgan fingerprint density at radius 3 is 2.63 bits per heavy atom. The minimum atomic E-state index is 0.287. The van der Waals surface area contributed by atoms with Gasteiger partial charge in [-0.3, -0.25) is 9.69 Å². The molecule has 0 N–H and O–H groups in total. The van der Waals surface area contributed by atoms with Crippen molar-refractivity contribution in [3.05, 3.63) is 12.7 Å². The molecule has 2 heterocycles. The number of ether oxygens (including phenoxy) is 1. The second-order valence-electron chi connectivity index (χ2n) is 5.58. The van der Waals surface area contributed by atoms with Crippen LogP contribution in [-0.4, -0.2) is 61.1 Å². The summed E-state index contributed by atoms with van der Waals surface area (Å²) in [6, 6.07) is 0.642. The van der Waals surface area contributed by atoms with Crippen molar-refractivity contribution in [2.45, 2.75) is 44.2 Å². The van der Waals surface area contributed by atoms with E-state index in [0.29, 0.717) is 18.6 Å². The Labute approximate surface area is 116 Å². The molecular formula is C15H26N2O2. The molecule has 0 aromatic heterocycles. The Morgan fingerprint density at radius 1 is 1.32 bits per heavy atom. The molecular weight excluding hydrogens is 240 g/mol. The largest absolute Gasteiger partial charge is 0.380 e. The Balaban J connectivity index is 1.73. The zero-order valence-electron chi connectivity index (χ0n) is 12.0. The lowest BCUT2D eigenvalue weighted by molar-refractivity contribution is -0.132. The summed E-state index contributed by atoms with van der Waals surface area (Å²) in [6.45, 7) is 7.70. The van der Waals surface area contributed by atoms with Crippen LogP contribution in [0.15, 0.2) is 12.7 Å². The average molecular weight is 266 g/mol. The van der Waals surface area contributed by atoms with E-state index < -0.39 is 0 Å². The van der Waals surface area contributed by atoms with E-state index in [9.17, 15) is 4.79 Å². The summed E-state index contributed by atoms with van der Waals surface area (Å²) in [5, 5.41) is 0. The topological polar surface area (TPSA) is 32.8 Å². The van der Waals surface area contributed by atoms with Crippen LogP contribution in [0.2, 0.25) is 0 Å². The van der Waals surface area contributed by atoms with E-state index in [-0.39, 0.29) is 5.91 Å². The van der Waals surface area contributed by atoms with Crippen molar-refractivity contribution >= 4 is 5.91 Å². The quantitative estimate of drug-likeness (QED) is 0.710. The second kappa shape index (κ2) is 7.06. The zero-order valence-corrected chi connectivity index (χ0v) is 12.0. The number of hydrogen-bond acceptors (Lipinski definition) is 3. The first-order chi connectivity index (χ1) is 9.24. The predicted molar refractivity (Wildman–Crippen MR) is 76.0 cm³/mol. The highest BCUT2D eigenvalue weighted by Gasteiger charge is 2.31. The number of likely N-dealkylation sites (tertiary alicyclic amines) is 2. The van der Waals surface area contributed by atoms with Crippen molar-refractivity contribution in [2.75, 3.05) is 33.3 Å². The molecule has 108 valence electrons. The highest BCUT2D eigenvalue weighted by atomic mass is 16.5. The van der Waals surface area contributed by atoms with Gasteiger partial charge in [-0.25, -0.2) is 0 Å². The van der Waals surface area contributed by atoms with Crippen molar-refractivity contribution in [1.82, 2.24) is 9.80 Å². The van der Waals surface area contributed by atoms with Crippen LogP contribution >= 0.6 is 0 Å². The summed E-state index contributed by atoms with van der Waals surface area (Å²) in [5.74, 6) is 0.287. The molecule has 2 aliphatic heterocycles. The summed E-state index contributed by atoms with van der Waals surface area (Å²) in [6.07, 6.45) is 7.00. The third-order valence-electron chi connectivity index (χ3n) is 4.41. The number of carbonyl (C=O) groups is 1. The number of hydrogen-bond donors (Lipinski definition) is 0. The molecule has 4 heteroatoms. The fourth-order valence-electron chi connectivity index (χ4n) is 3.14. The minimum absolute atomic E-state index is 0.287. The molecule has 0 spiro atoms. The summed E-state index contributed by atoms with van der Waals surface area (Å²) in [7, 11) is 1.80. The van der Waals surface area contributed by atoms with Crippen LogP contribution in [0, 0.1) is 0 Å². The Hall–Kier alpha value is -0.870. The van der Waals surface area contributed by atoms with Crippen molar-refractivity contribution in [1.29, 1.82) is 0 Å². The summed E-state index contributed by atoms with van der Waals surface area (Å²) in [4.78, 5) is 16.5. The molecule has 2 rings (SSSR count). The first-order valence-electron chi connectivity index (χ1n) is 7.40. The van der Waals surface area contributed by atoms with E-state index in [1.807, 2.05) is 11.0 Å². The summed E-state index contributed by atoms with van der Waals surface area (Å²) >= 11 is 0. The third kappa shape index (κ3) is 3.80. The number of rotatable bonds is 5. The van der Waals surface area contributed by atoms with Gasteiger partial charge in [-0.2, -0.15) is 0 Å². The fourth-order valence-corrected chi connectivity index (χ4v) is 3.14. The van der Waals surface area contributed by atoms with Gasteiger partial charge in [-0.1, -0.05) is 6.08 Å². The van der Waals surface area contributed by atoms with E-state index in [2.05, 4.69) is 11.5 Å². The highest BCUT2D eigenvalue weighted by molar-refractivity contribution is 5.76. The maximum absolute atomic E-state index is 11.9. The van der Waals surface area contributed by atoms with Crippen LogP contribution in [0.1, 0.15) is 32.1 Å². The van der Waals surface area contributed by atoms with E-state index in [1.165, 1.54) is 0 Å². The number of methoxy groups -OCH3 is 1. The van der Waals surface area contributed by atoms with Gasteiger partial charge in [0, 0.05) is 45.8 Å². The average Bonchev–Trinajstić information content (AvgIpc) is 2.94. The van der Waals surface area contributed by atoms with Crippen molar-refractivity contribution in [3.63, 3.8) is 0 Å². The maximum atomic E-state index is 11.9. The van der Waals surface area contributed by atoms with Gasteiger partial charge in [0.2, 0.25) is 5.91 Å². The molecule has 2 aliphatic rings. The lowest BCUT2D eigenvalue weighted by Gasteiger charge is -2.36. The molecule has 0 aliphatic carbocycles. The van der Waals surface area contributed by atoms with Crippen molar-refractivity contribution < 1.29 is 9.53 Å². The molecule has 0 aromatic rings. The summed E-state index contributed by atoms with van der Waals surface area (Å²) < 4.78 is 5.42. The fraction of sp³-hybridized carbons (Fsp3) is 0.800. The highest BCUT2D eigenvalue weighted by Crippen LogP contribution is 2.22. The van der Waals surface area contributed by atoms with Crippen LogP contribution in [0.4, 0.5) is 0 Å². The van der Waals surface area contributed by atoms with E-state index in [0.717, 1.165) is 51.9 Å². The lowest BCUT2D eigenvalue weighted by atomic mass is 10.0. The van der Waals surface area contributed by atoms with Gasteiger partial charge in [0.25, 0.3) is 0 Å². The standard InChI is InChI=1S/C15H26N2O2/c1-3-4-5-15(18)16-9-6-13(7-10-16)17-11-8-14(12-17)19-2/h3,13-14H,1,4-12H2,2H3. The molecule has 2 saturated heterocycles. The van der Waals surface area contributed by atoms with Gasteiger partial charge in [0.1, 0.15) is 0 Å². The summed E-state index contributed by atoms with van der Waals surface area (Å²) in [5.41, 5.74) is 0. The molecule has 0 bridgehead atoms. The van der Waals surface area contributed by atoms with E-state index in [4.69, 9.17) is 4.74 Å². The SMILES string of the molecule is C=CCCC(=O)N1CCC(N2CCC(OC)C2)CC1. The first kappa shape index (κ1) is 14.5. The first-order valence-corrected chi connectivity index (χ1v) is 7.40. The molecule has 1 amide bonds. The van der Waals surface area contributed by atoms with E-state index >= 15 is 0 Å². The van der Waals surface area contributed by atoms with Gasteiger partial charge >= 0.3 is 0 Å². The van der Waals surface area contributed by atoms with Gasteiger partial charge in [0.05, 0.1) is 6.10 Å². The van der Waals surface area contributed by atoms with Crippen molar-refractivity contribution in [3.8, 4) is 0 Å². The number of allylic oxidation sites excluding steroid dienone is 1. The molecule has 0 aromatic carbocycles. The van der Waals surface area contributed by atoms with E-state index in [1.54, 1.807) is 7.11 Å². The van der Waals surface area contributed by atoms with Crippen LogP contribution in [0.25, 0.3) is 0 Å². The number of nitrogens with zero attached hydrogens (tertiary/aromatic N) is 2. The van der Waals surface area contributed by atoms with Crippen LogP contribution in [0.5, 0.6) is 0 Å². The molecule has 1 atom stereocenters. The van der Waals surface area contributed by atoms with Gasteiger partial charge in [0.15, 0.2) is 0 Å². The van der Waals surface area contributed by atoms with Gasteiger partial charge < -0.3 is 9.64 Å². The third-order valence-corrected chi connectivity index (χ3v) is 4.41. The number of amides is 1. The smallest absolute Gasteiger partial charge is 0.222 e. The van der Waals surface area contributed by atoms with Gasteiger partial charge in [-0.05, 0) is 25.7 Å². The molecule has 0 saturated carbocycles. The molecule has 19 heavy (non-hydrogen) atoms. The minimum Gasteiger partial charge on any atom is -0.380 e. The molecule has 1 unspecified atom stereocenters. The lowest BCUT2D eigenvalue weighted by Crippen LogP contribution is -2.46. The number of carbonyl (C=O) groups excluding carboxylic acids is 1. The Morgan fingerprint density at radius 2 is 2.05 bits per heavy atom. The molecule has 4 nitrogen and oxygen atoms in total. The maximum Gasteiger partial charge on any atom is 0.222 e. The zero-order chi connectivity index (χ0) is 13.7. The second-order valence-corrected chi connectivity index (χ2v) is 5.58. The van der Waals surface area contributed by atoms with Crippen LogP contribution in [-0.2, 0) is 9.53 Å². The molecule has 0 radical (unpaired) electrons. The normalized spacial score (nSPS) is 25.7. The number of piperidine rings is 1.